The molecule has 0 rings (SSSR count). The molecule has 0 aliphatic heterocycles. The molecule has 0 saturated heterocycles. The Morgan fingerprint density at radius 2 is 1.78 bits per heavy atom. The molecule has 0 fully saturated rings. The highest BCUT2D eigenvalue weighted by atomic mass is 16.2. The van der Waals surface area contributed by atoms with E-state index in [0.29, 0.717) is 13.0 Å². The Morgan fingerprint density at radius 1 is 1.17 bits per heavy atom. The molecule has 0 aliphatic carbocycles. The summed E-state index contributed by atoms with van der Waals surface area (Å²) in [5, 5.41) is 5.54. The minimum absolute atomic E-state index is 0.0400. The van der Waals surface area contributed by atoms with Crippen LogP contribution in [-0.2, 0) is 9.59 Å². The zero-order valence-electron chi connectivity index (χ0n) is 12.0. The molecule has 5 heteroatoms. The van der Waals surface area contributed by atoms with Gasteiger partial charge >= 0.3 is 0 Å². The highest BCUT2D eigenvalue weighted by Gasteiger charge is 2.18. The molecule has 106 valence electrons. The molecule has 3 atom stereocenters. The average Bonchev–Trinajstić information content (AvgIpc) is 2.36. The van der Waals surface area contributed by atoms with E-state index < -0.39 is 6.04 Å². The first-order valence-corrected chi connectivity index (χ1v) is 6.74. The van der Waals surface area contributed by atoms with E-state index in [1.54, 1.807) is 0 Å². The molecule has 0 aliphatic rings. The summed E-state index contributed by atoms with van der Waals surface area (Å²) in [6.07, 6.45) is 2.06. The van der Waals surface area contributed by atoms with E-state index in [1.165, 1.54) is 0 Å². The number of hydrogen-bond donors (Lipinski definition) is 3. The van der Waals surface area contributed by atoms with Crippen molar-refractivity contribution in [3.63, 3.8) is 0 Å². The molecule has 4 N–H and O–H groups in total. The number of carbonyl (C=O) groups excluding carboxylic acids is 2. The van der Waals surface area contributed by atoms with Gasteiger partial charge in [0, 0.05) is 19.0 Å². The molecular weight excluding hydrogens is 230 g/mol. The molecule has 5 nitrogen and oxygen atoms in total. The Bertz CT molecular complexity index is 269. The van der Waals surface area contributed by atoms with E-state index in [1.807, 2.05) is 27.7 Å². The predicted octanol–water partition coefficient (Wildman–Crippen LogP) is 0.781. The van der Waals surface area contributed by atoms with Gasteiger partial charge < -0.3 is 16.4 Å². The second kappa shape index (κ2) is 8.91. The summed E-state index contributed by atoms with van der Waals surface area (Å²) < 4.78 is 0. The van der Waals surface area contributed by atoms with Gasteiger partial charge in [-0.05, 0) is 19.3 Å². The summed E-state index contributed by atoms with van der Waals surface area (Å²) in [6.45, 7) is 8.25. The topological polar surface area (TPSA) is 84.2 Å². The van der Waals surface area contributed by atoms with Crippen LogP contribution in [0.2, 0.25) is 0 Å². The Morgan fingerprint density at radius 3 is 2.28 bits per heavy atom. The van der Waals surface area contributed by atoms with Gasteiger partial charge in [-0.25, -0.2) is 0 Å². The molecule has 18 heavy (non-hydrogen) atoms. The van der Waals surface area contributed by atoms with E-state index in [0.717, 1.165) is 12.8 Å². The lowest BCUT2D eigenvalue weighted by molar-refractivity contribution is -0.124. The van der Waals surface area contributed by atoms with Crippen LogP contribution in [0.25, 0.3) is 0 Å². The van der Waals surface area contributed by atoms with Crippen LogP contribution in [0.5, 0.6) is 0 Å². The fraction of sp³-hybridized carbons (Fsp3) is 0.846. The van der Waals surface area contributed by atoms with E-state index in [4.69, 9.17) is 5.73 Å². The summed E-state index contributed by atoms with van der Waals surface area (Å²) >= 11 is 0. The van der Waals surface area contributed by atoms with Crippen LogP contribution in [0.1, 0.15) is 47.0 Å². The van der Waals surface area contributed by atoms with E-state index in [2.05, 4.69) is 10.6 Å². The van der Waals surface area contributed by atoms with Gasteiger partial charge in [0.2, 0.25) is 11.8 Å². The standard InChI is InChI=1S/C13H27N3O2/c1-5-9(3)12(14)13(18)15-8-7-11(17)16-10(4)6-2/h9-10,12H,5-8,14H2,1-4H3,(H,15,18)(H,16,17)/t9-,10?,12-/m0/s1. The van der Waals surface area contributed by atoms with Gasteiger partial charge in [0.05, 0.1) is 6.04 Å². The van der Waals surface area contributed by atoms with Gasteiger partial charge in [-0.3, -0.25) is 9.59 Å². The van der Waals surface area contributed by atoms with Crippen LogP contribution in [0.4, 0.5) is 0 Å². The number of carbonyl (C=O) groups is 2. The maximum atomic E-state index is 11.6. The molecular formula is C13H27N3O2. The van der Waals surface area contributed by atoms with Gasteiger partial charge in [-0.2, -0.15) is 0 Å². The average molecular weight is 257 g/mol. The molecule has 0 aromatic heterocycles. The molecule has 2 amide bonds. The van der Waals surface area contributed by atoms with Gasteiger partial charge in [0.15, 0.2) is 0 Å². The Balaban J connectivity index is 3.84. The smallest absolute Gasteiger partial charge is 0.237 e. The molecule has 0 aromatic carbocycles. The SMILES string of the molecule is CCC(C)NC(=O)CCNC(=O)[C@@H](N)[C@@H](C)CC. The third kappa shape index (κ3) is 6.59. The molecule has 0 radical (unpaired) electrons. The van der Waals surface area contributed by atoms with Crippen LogP contribution < -0.4 is 16.4 Å². The highest BCUT2D eigenvalue weighted by Crippen LogP contribution is 2.04. The summed E-state index contributed by atoms with van der Waals surface area (Å²) in [4.78, 5) is 23.1. The first kappa shape index (κ1) is 16.9. The monoisotopic (exact) mass is 257 g/mol. The number of nitrogens with one attached hydrogen (secondary N) is 2. The van der Waals surface area contributed by atoms with Gasteiger partial charge in [-0.15, -0.1) is 0 Å². The van der Waals surface area contributed by atoms with Crippen molar-refractivity contribution < 1.29 is 9.59 Å². The van der Waals surface area contributed by atoms with Crippen LogP contribution in [0.3, 0.4) is 0 Å². The molecule has 0 bridgehead atoms. The van der Waals surface area contributed by atoms with Crippen molar-refractivity contribution in [1.82, 2.24) is 10.6 Å². The fourth-order valence-electron chi connectivity index (χ4n) is 1.38. The number of amides is 2. The van der Waals surface area contributed by atoms with E-state index >= 15 is 0 Å². The van der Waals surface area contributed by atoms with Crippen LogP contribution in [0.15, 0.2) is 0 Å². The van der Waals surface area contributed by atoms with Crippen molar-refractivity contribution in [3.8, 4) is 0 Å². The lowest BCUT2D eigenvalue weighted by Crippen LogP contribution is -2.45. The van der Waals surface area contributed by atoms with Crippen LogP contribution >= 0.6 is 0 Å². The number of hydrogen-bond acceptors (Lipinski definition) is 3. The number of rotatable bonds is 8. The van der Waals surface area contributed by atoms with Crippen molar-refractivity contribution in [2.75, 3.05) is 6.54 Å². The fourth-order valence-corrected chi connectivity index (χ4v) is 1.38. The molecule has 0 heterocycles. The third-order valence-electron chi connectivity index (χ3n) is 3.23. The van der Waals surface area contributed by atoms with Gasteiger partial charge in [0.25, 0.3) is 0 Å². The molecule has 0 spiro atoms. The largest absolute Gasteiger partial charge is 0.354 e. The Hall–Kier alpha value is -1.10. The van der Waals surface area contributed by atoms with Crippen LogP contribution in [-0.4, -0.2) is 30.4 Å². The van der Waals surface area contributed by atoms with Crippen molar-refractivity contribution >= 4 is 11.8 Å². The van der Waals surface area contributed by atoms with Crippen molar-refractivity contribution in [3.05, 3.63) is 0 Å². The maximum absolute atomic E-state index is 11.6. The van der Waals surface area contributed by atoms with Crippen molar-refractivity contribution in [2.45, 2.75) is 59.0 Å². The van der Waals surface area contributed by atoms with E-state index in [9.17, 15) is 9.59 Å². The maximum Gasteiger partial charge on any atom is 0.237 e. The minimum Gasteiger partial charge on any atom is -0.354 e. The lowest BCUT2D eigenvalue weighted by atomic mass is 9.99. The lowest BCUT2D eigenvalue weighted by Gasteiger charge is -2.17. The molecule has 0 aromatic rings. The number of nitrogens with two attached hydrogens (primary N) is 1. The van der Waals surface area contributed by atoms with Crippen molar-refractivity contribution in [1.29, 1.82) is 0 Å². The zero-order chi connectivity index (χ0) is 14.1. The normalized spacial score (nSPS) is 15.6. The second-order valence-electron chi connectivity index (χ2n) is 4.83. The Kier molecular flexibility index (Phi) is 8.37. The first-order chi connectivity index (χ1) is 8.42. The Labute approximate surface area is 110 Å². The summed E-state index contributed by atoms with van der Waals surface area (Å²) in [7, 11) is 0. The minimum atomic E-state index is -0.493. The second-order valence-corrected chi connectivity index (χ2v) is 4.83. The highest BCUT2D eigenvalue weighted by molar-refractivity contribution is 5.82. The quantitative estimate of drug-likeness (QED) is 0.601. The van der Waals surface area contributed by atoms with Gasteiger partial charge in [0.1, 0.15) is 0 Å². The van der Waals surface area contributed by atoms with Gasteiger partial charge in [-0.1, -0.05) is 27.2 Å². The van der Waals surface area contributed by atoms with E-state index in [-0.39, 0.29) is 23.8 Å². The first-order valence-electron chi connectivity index (χ1n) is 6.74. The van der Waals surface area contributed by atoms with Crippen molar-refractivity contribution in [2.24, 2.45) is 11.7 Å². The third-order valence-corrected chi connectivity index (χ3v) is 3.23. The predicted molar refractivity (Wildman–Crippen MR) is 73.0 cm³/mol. The van der Waals surface area contributed by atoms with Crippen LogP contribution in [0, 0.1) is 5.92 Å². The molecule has 0 saturated carbocycles. The summed E-state index contributed by atoms with van der Waals surface area (Å²) in [5.41, 5.74) is 5.78. The summed E-state index contributed by atoms with van der Waals surface area (Å²) in [5.74, 6) is -0.0682. The summed E-state index contributed by atoms with van der Waals surface area (Å²) in [6, 6.07) is -0.316. The molecule has 1 unspecified atom stereocenters. The zero-order valence-corrected chi connectivity index (χ0v) is 12.0.